The molecule has 0 radical (unpaired) electrons. The number of pyridine rings is 1. The van der Waals surface area contributed by atoms with E-state index in [2.05, 4.69) is 17.2 Å². The van der Waals surface area contributed by atoms with E-state index in [4.69, 9.17) is 16.3 Å². The third-order valence-corrected chi connectivity index (χ3v) is 3.99. The normalized spacial score (nSPS) is 23.1. The van der Waals surface area contributed by atoms with Crippen molar-refractivity contribution in [1.29, 1.82) is 0 Å². The van der Waals surface area contributed by atoms with Crippen molar-refractivity contribution in [1.82, 2.24) is 4.98 Å². The number of nitrogens with zero attached hydrogens (tertiary/aromatic N) is 1. The van der Waals surface area contributed by atoms with Crippen LogP contribution in [0.15, 0.2) is 12.3 Å². The molecule has 5 heteroatoms. The Bertz CT molecular complexity index is 465. The summed E-state index contributed by atoms with van der Waals surface area (Å²) in [6.45, 7) is 4.55. The molecule has 0 aliphatic carbocycles. The maximum Gasteiger partial charge on any atom is 0.227 e. The summed E-state index contributed by atoms with van der Waals surface area (Å²) < 4.78 is 5.58. The maximum absolute atomic E-state index is 12.2. The van der Waals surface area contributed by atoms with Crippen molar-refractivity contribution >= 4 is 23.2 Å². The zero-order valence-electron chi connectivity index (χ0n) is 11.3. The van der Waals surface area contributed by atoms with Gasteiger partial charge in [-0.05, 0) is 32.3 Å². The van der Waals surface area contributed by atoms with Crippen LogP contribution in [-0.4, -0.2) is 23.6 Å². The highest BCUT2D eigenvalue weighted by molar-refractivity contribution is 6.34. The molecule has 4 nitrogen and oxygen atoms in total. The minimum atomic E-state index is 0.00300. The average molecular weight is 283 g/mol. The number of aromatic nitrogens is 1. The van der Waals surface area contributed by atoms with Gasteiger partial charge in [-0.2, -0.15) is 0 Å². The fourth-order valence-electron chi connectivity index (χ4n) is 2.28. The van der Waals surface area contributed by atoms with Crippen molar-refractivity contribution in [3.05, 3.63) is 23.0 Å². The minimum absolute atomic E-state index is 0.00300. The van der Waals surface area contributed by atoms with Gasteiger partial charge < -0.3 is 10.1 Å². The van der Waals surface area contributed by atoms with E-state index in [1.165, 1.54) is 0 Å². The van der Waals surface area contributed by atoms with Gasteiger partial charge in [-0.1, -0.05) is 18.5 Å². The molecule has 1 saturated heterocycles. The van der Waals surface area contributed by atoms with Gasteiger partial charge in [0, 0.05) is 18.7 Å². The van der Waals surface area contributed by atoms with Crippen LogP contribution in [0, 0.1) is 12.8 Å². The number of amides is 1. The molecule has 1 aromatic rings. The van der Waals surface area contributed by atoms with Crippen LogP contribution in [0.3, 0.4) is 0 Å². The monoisotopic (exact) mass is 282 g/mol. The number of anilines is 1. The predicted molar refractivity (Wildman–Crippen MR) is 75.4 cm³/mol. The number of rotatable bonds is 3. The lowest BCUT2D eigenvalue weighted by Crippen LogP contribution is -2.33. The summed E-state index contributed by atoms with van der Waals surface area (Å²) in [5.41, 5.74) is 1.36. The Morgan fingerprint density at radius 1 is 1.63 bits per heavy atom. The van der Waals surface area contributed by atoms with Crippen LogP contribution in [0.25, 0.3) is 0 Å². The second kappa shape index (κ2) is 6.35. The maximum atomic E-state index is 12.2. The molecule has 2 heterocycles. The lowest BCUT2D eigenvalue weighted by molar-refractivity contribution is -0.124. The summed E-state index contributed by atoms with van der Waals surface area (Å²) in [6.07, 6.45) is 4.34. The summed E-state index contributed by atoms with van der Waals surface area (Å²) in [5, 5.41) is 3.41. The Kier molecular flexibility index (Phi) is 4.77. The molecular formula is C14H19ClN2O2. The zero-order valence-corrected chi connectivity index (χ0v) is 12.0. The summed E-state index contributed by atoms with van der Waals surface area (Å²) in [4.78, 5) is 16.3. The fourth-order valence-corrected chi connectivity index (χ4v) is 2.44. The van der Waals surface area contributed by atoms with Crippen LogP contribution < -0.4 is 5.32 Å². The molecule has 0 aromatic carbocycles. The van der Waals surface area contributed by atoms with Gasteiger partial charge in [0.15, 0.2) is 0 Å². The Labute approximate surface area is 118 Å². The Morgan fingerprint density at radius 2 is 2.42 bits per heavy atom. The van der Waals surface area contributed by atoms with Gasteiger partial charge in [-0.15, -0.1) is 0 Å². The topological polar surface area (TPSA) is 51.2 Å². The van der Waals surface area contributed by atoms with Gasteiger partial charge in [-0.25, -0.2) is 0 Å². The molecule has 1 aliphatic heterocycles. The smallest absolute Gasteiger partial charge is 0.227 e. The van der Waals surface area contributed by atoms with Crippen LogP contribution in [0.2, 0.25) is 5.02 Å². The van der Waals surface area contributed by atoms with Crippen molar-refractivity contribution < 1.29 is 9.53 Å². The zero-order chi connectivity index (χ0) is 13.8. The summed E-state index contributed by atoms with van der Waals surface area (Å²) in [6, 6.07) is 1.73. The van der Waals surface area contributed by atoms with Crippen molar-refractivity contribution in [3.63, 3.8) is 0 Å². The van der Waals surface area contributed by atoms with E-state index in [1.807, 2.05) is 6.92 Å². The molecule has 104 valence electrons. The molecule has 1 N–H and O–H groups in total. The molecular weight excluding hydrogens is 264 g/mol. The second-order valence-electron chi connectivity index (χ2n) is 4.87. The Morgan fingerprint density at radius 3 is 3.16 bits per heavy atom. The summed E-state index contributed by atoms with van der Waals surface area (Å²) in [5.74, 6) is 0.0255. The van der Waals surface area contributed by atoms with Crippen molar-refractivity contribution in [3.8, 4) is 0 Å². The van der Waals surface area contributed by atoms with E-state index in [9.17, 15) is 4.79 Å². The van der Waals surface area contributed by atoms with Crippen molar-refractivity contribution in [2.45, 2.75) is 39.2 Å². The van der Waals surface area contributed by atoms with E-state index < -0.39 is 0 Å². The van der Waals surface area contributed by atoms with Crippen molar-refractivity contribution in [2.75, 3.05) is 11.9 Å². The average Bonchev–Trinajstić information content (AvgIpc) is 2.44. The molecule has 0 unspecified atom stereocenters. The molecule has 2 atom stereocenters. The quantitative estimate of drug-likeness (QED) is 0.926. The number of hydrogen-bond donors (Lipinski definition) is 1. The molecule has 0 bridgehead atoms. The molecule has 0 saturated carbocycles. The lowest BCUT2D eigenvalue weighted by Gasteiger charge is -2.28. The first kappa shape index (κ1) is 14.3. The SMILES string of the molecule is CC[C@@H]1C[C@@H](C(=O)Nc2ccnc(C)c2Cl)CCO1. The van der Waals surface area contributed by atoms with Gasteiger partial charge in [-0.3, -0.25) is 9.78 Å². The van der Waals surface area contributed by atoms with E-state index in [-0.39, 0.29) is 17.9 Å². The minimum Gasteiger partial charge on any atom is -0.378 e. The standard InChI is InChI=1S/C14H19ClN2O2/c1-3-11-8-10(5-7-19-11)14(18)17-12-4-6-16-9(2)13(12)15/h4,6,10-11H,3,5,7-8H2,1-2H3,(H,16,17,18)/t10-,11+/m0/s1. The van der Waals surface area contributed by atoms with E-state index in [0.29, 0.717) is 17.3 Å². The van der Waals surface area contributed by atoms with Crippen molar-refractivity contribution in [2.24, 2.45) is 5.92 Å². The number of carbonyl (C=O) groups excluding carboxylic acids is 1. The number of nitrogens with one attached hydrogen (secondary N) is 1. The number of carbonyl (C=O) groups is 1. The fraction of sp³-hybridized carbons (Fsp3) is 0.571. The number of ether oxygens (including phenoxy) is 1. The third-order valence-electron chi connectivity index (χ3n) is 3.51. The van der Waals surface area contributed by atoms with E-state index in [0.717, 1.165) is 25.0 Å². The predicted octanol–water partition coefficient (Wildman–Crippen LogP) is 3.19. The van der Waals surface area contributed by atoms with Crippen LogP contribution in [0.5, 0.6) is 0 Å². The molecule has 2 rings (SSSR count). The largest absolute Gasteiger partial charge is 0.378 e. The van der Waals surface area contributed by atoms with Gasteiger partial charge in [0.25, 0.3) is 0 Å². The number of hydrogen-bond acceptors (Lipinski definition) is 3. The highest BCUT2D eigenvalue weighted by Crippen LogP contribution is 2.27. The molecule has 1 fully saturated rings. The number of halogens is 1. The molecule has 1 aromatic heterocycles. The molecule has 1 aliphatic rings. The van der Waals surface area contributed by atoms with Gasteiger partial charge in [0.05, 0.1) is 22.5 Å². The van der Waals surface area contributed by atoms with E-state index in [1.54, 1.807) is 12.3 Å². The number of aryl methyl sites for hydroxylation is 1. The summed E-state index contributed by atoms with van der Waals surface area (Å²) in [7, 11) is 0. The van der Waals surface area contributed by atoms with Crippen LogP contribution in [-0.2, 0) is 9.53 Å². The van der Waals surface area contributed by atoms with Gasteiger partial charge in [0.2, 0.25) is 5.91 Å². The lowest BCUT2D eigenvalue weighted by atomic mass is 9.93. The second-order valence-corrected chi connectivity index (χ2v) is 5.25. The molecule has 0 spiro atoms. The van der Waals surface area contributed by atoms with Crippen LogP contribution in [0.4, 0.5) is 5.69 Å². The third kappa shape index (κ3) is 3.45. The highest BCUT2D eigenvalue weighted by atomic mass is 35.5. The highest BCUT2D eigenvalue weighted by Gasteiger charge is 2.27. The summed E-state index contributed by atoms with van der Waals surface area (Å²) >= 11 is 6.13. The first-order valence-electron chi connectivity index (χ1n) is 6.65. The first-order valence-corrected chi connectivity index (χ1v) is 7.03. The Balaban J connectivity index is 2.02. The van der Waals surface area contributed by atoms with Crippen LogP contribution >= 0.6 is 11.6 Å². The molecule has 19 heavy (non-hydrogen) atoms. The van der Waals surface area contributed by atoms with Gasteiger partial charge >= 0.3 is 0 Å². The molecule has 1 amide bonds. The Hall–Kier alpha value is -1.13. The van der Waals surface area contributed by atoms with Crippen LogP contribution in [0.1, 0.15) is 31.9 Å². The first-order chi connectivity index (χ1) is 9.11. The van der Waals surface area contributed by atoms with E-state index >= 15 is 0 Å². The van der Waals surface area contributed by atoms with Gasteiger partial charge in [0.1, 0.15) is 0 Å².